The van der Waals surface area contributed by atoms with Crippen LogP contribution in [0.5, 0.6) is 0 Å². The maximum absolute atomic E-state index is 9.58. The molecule has 1 fully saturated rings. The molecule has 0 atom stereocenters. The first-order valence-corrected chi connectivity index (χ1v) is 6.37. The van der Waals surface area contributed by atoms with Crippen LogP contribution < -0.4 is 5.32 Å². The zero-order chi connectivity index (χ0) is 12.1. The average Bonchev–Trinajstić information content (AvgIpc) is 2.39. The van der Waals surface area contributed by atoms with Crippen molar-refractivity contribution in [3.05, 3.63) is 18.0 Å². The number of aryl methyl sites for hydroxylation is 1. The fourth-order valence-electron chi connectivity index (χ4n) is 2.44. The van der Waals surface area contributed by atoms with Gasteiger partial charge in [0.2, 0.25) is 5.95 Å². The van der Waals surface area contributed by atoms with Crippen molar-refractivity contribution in [3.63, 3.8) is 0 Å². The van der Waals surface area contributed by atoms with Crippen LogP contribution in [0.3, 0.4) is 0 Å². The smallest absolute Gasteiger partial charge is 0.222 e. The van der Waals surface area contributed by atoms with Gasteiger partial charge in [0.1, 0.15) is 0 Å². The van der Waals surface area contributed by atoms with Crippen molar-refractivity contribution in [2.75, 3.05) is 18.5 Å². The quantitative estimate of drug-likeness (QED) is 0.839. The van der Waals surface area contributed by atoms with Crippen molar-refractivity contribution in [2.24, 2.45) is 5.41 Å². The highest BCUT2D eigenvalue weighted by atomic mass is 16.3. The number of nitrogens with one attached hydrogen (secondary N) is 1. The lowest BCUT2D eigenvalue weighted by Crippen LogP contribution is -2.35. The first-order valence-electron chi connectivity index (χ1n) is 6.37. The minimum Gasteiger partial charge on any atom is -0.396 e. The van der Waals surface area contributed by atoms with Crippen molar-refractivity contribution in [1.82, 2.24) is 9.97 Å². The van der Waals surface area contributed by atoms with Gasteiger partial charge in [-0.1, -0.05) is 19.3 Å². The van der Waals surface area contributed by atoms with Crippen LogP contribution in [0.2, 0.25) is 0 Å². The molecular weight excluding hydrogens is 214 g/mol. The molecule has 94 valence electrons. The molecule has 0 bridgehead atoms. The monoisotopic (exact) mass is 235 g/mol. The van der Waals surface area contributed by atoms with E-state index >= 15 is 0 Å². The first kappa shape index (κ1) is 12.3. The van der Waals surface area contributed by atoms with Crippen LogP contribution in [0.4, 0.5) is 5.95 Å². The molecule has 0 aromatic carbocycles. The van der Waals surface area contributed by atoms with Crippen LogP contribution in [0, 0.1) is 12.3 Å². The van der Waals surface area contributed by atoms with Gasteiger partial charge in [-0.25, -0.2) is 9.97 Å². The summed E-state index contributed by atoms with van der Waals surface area (Å²) in [5.74, 6) is 0.661. The van der Waals surface area contributed by atoms with E-state index in [0.29, 0.717) is 5.95 Å². The fraction of sp³-hybridized carbons (Fsp3) is 0.692. The molecular formula is C13H21N3O. The van der Waals surface area contributed by atoms with Crippen LogP contribution in [-0.4, -0.2) is 28.2 Å². The fourth-order valence-corrected chi connectivity index (χ4v) is 2.44. The third-order valence-electron chi connectivity index (χ3n) is 3.65. The number of rotatable bonds is 4. The minimum absolute atomic E-state index is 0.0342. The van der Waals surface area contributed by atoms with Crippen molar-refractivity contribution in [3.8, 4) is 0 Å². The predicted molar refractivity (Wildman–Crippen MR) is 67.9 cm³/mol. The Morgan fingerprint density at radius 3 is 2.47 bits per heavy atom. The topological polar surface area (TPSA) is 58.0 Å². The van der Waals surface area contributed by atoms with E-state index in [1.54, 1.807) is 0 Å². The van der Waals surface area contributed by atoms with E-state index in [9.17, 15) is 5.11 Å². The maximum Gasteiger partial charge on any atom is 0.222 e. The highest BCUT2D eigenvalue weighted by Gasteiger charge is 2.31. The number of nitrogens with zero attached hydrogens (tertiary/aromatic N) is 2. The summed E-state index contributed by atoms with van der Waals surface area (Å²) in [6.45, 7) is 3.00. The normalized spacial score (nSPS) is 18.9. The average molecular weight is 235 g/mol. The molecule has 1 aromatic heterocycles. The number of aromatic nitrogens is 2. The Hall–Kier alpha value is -1.16. The van der Waals surface area contributed by atoms with Crippen LogP contribution in [-0.2, 0) is 0 Å². The summed E-state index contributed by atoms with van der Waals surface area (Å²) in [5, 5.41) is 12.8. The molecule has 2 rings (SSSR count). The molecule has 1 saturated carbocycles. The number of hydrogen-bond acceptors (Lipinski definition) is 4. The lowest BCUT2D eigenvalue weighted by molar-refractivity contribution is 0.0942. The molecule has 0 radical (unpaired) electrons. The second-order valence-corrected chi connectivity index (χ2v) is 5.16. The molecule has 4 nitrogen and oxygen atoms in total. The second kappa shape index (κ2) is 5.45. The zero-order valence-electron chi connectivity index (χ0n) is 10.4. The Morgan fingerprint density at radius 1 is 1.24 bits per heavy atom. The molecule has 0 spiro atoms. The lowest BCUT2D eigenvalue weighted by atomic mass is 9.74. The molecule has 2 N–H and O–H groups in total. The predicted octanol–water partition coefficient (Wildman–Crippen LogP) is 2.14. The number of anilines is 1. The van der Waals surface area contributed by atoms with Gasteiger partial charge in [-0.3, -0.25) is 0 Å². The van der Waals surface area contributed by atoms with Crippen LogP contribution in [0.15, 0.2) is 12.4 Å². The van der Waals surface area contributed by atoms with E-state index in [1.165, 1.54) is 19.3 Å². The van der Waals surface area contributed by atoms with E-state index in [0.717, 1.165) is 24.9 Å². The summed E-state index contributed by atoms with van der Waals surface area (Å²) in [5.41, 5.74) is 1.09. The summed E-state index contributed by atoms with van der Waals surface area (Å²) in [4.78, 5) is 8.45. The van der Waals surface area contributed by atoms with Gasteiger partial charge in [0, 0.05) is 24.4 Å². The van der Waals surface area contributed by atoms with E-state index in [1.807, 2.05) is 19.3 Å². The largest absolute Gasteiger partial charge is 0.396 e. The minimum atomic E-state index is 0.0342. The molecule has 1 aromatic rings. The second-order valence-electron chi connectivity index (χ2n) is 5.16. The van der Waals surface area contributed by atoms with Gasteiger partial charge < -0.3 is 10.4 Å². The molecule has 17 heavy (non-hydrogen) atoms. The number of aliphatic hydroxyl groups is 1. The van der Waals surface area contributed by atoms with Gasteiger partial charge >= 0.3 is 0 Å². The molecule has 1 aliphatic rings. The highest BCUT2D eigenvalue weighted by molar-refractivity contribution is 5.24. The first-order chi connectivity index (χ1) is 8.24. The third kappa shape index (κ3) is 3.16. The van der Waals surface area contributed by atoms with E-state index < -0.39 is 0 Å². The summed E-state index contributed by atoms with van der Waals surface area (Å²) in [7, 11) is 0. The molecule has 0 saturated heterocycles. The van der Waals surface area contributed by atoms with Gasteiger partial charge in [0.15, 0.2) is 0 Å². The van der Waals surface area contributed by atoms with Gasteiger partial charge in [-0.05, 0) is 25.3 Å². The third-order valence-corrected chi connectivity index (χ3v) is 3.65. The van der Waals surface area contributed by atoms with Crippen molar-refractivity contribution in [2.45, 2.75) is 39.0 Å². The zero-order valence-corrected chi connectivity index (χ0v) is 10.4. The van der Waals surface area contributed by atoms with Gasteiger partial charge in [0.25, 0.3) is 0 Å². The molecule has 4 heteroatoms. The molecule has 0 amide bonds. The van der Waals surface area contributed by atoms with Crippen molar-refractivity contribution in [1.29, 1.82) is 0 Å². The Morgan fingerprint density at radius 2 is 1.88 bits per heavy atom. The van der Waals surface area contributed by atoms with Crippen molar-refractivity contribution >= 4 is 5.95 Å². The Bertz CT molecular complexity index is 344. The van der Waals surface area contributed by atoms with Gasteiger partial charge in [-0.15, -0.1) is 0 Å². The highest BCUT2D eigenvalue weighted by Crippen LogP contribution is 2.35. The number of hydrogen-bond donors (Lipinski definition) is 2. The maximum atomic E-state index is 9.58. The molecule has 0 unspecified atom stereocenters. The lowest BCUT2D eigenvalue weighted by Gasteiger charge is -2.35. The number of aliphatic hydroxyl groups excluding tert-OH is 1. The van der Waals surface area contributed by atoms with Gasteiger partial charge in [-0.2, -0.15) is 0 Å². The Labute approximate surface area is 102 Å². The Balaban J connectivity index is 1.93. The van der Waals surface area contributed by atoms with Crippen LogP contribution in [0.25, 0.3) is 0 Å². The van der Waals surface area contributed by atoms with E-state index in [2.05, 4.69) is 15.3 Å². The summed E-state index contributed by atoms with van der Waals surface area (Å²) in [6.07, 6.45) is 9.55. The Kier molecular flexibility index (Phi) is 3.94. The van der Waals surface area contributed by atoms with E-state index in [4.69, 9.17) is 0 Å². The van der Waals surface area contributed by atoms with Crippen LogP contribution in [0.1, 0.15) is 37.7 Å². The summed E-state index contributed by atoms with van der Waals surface area (Å²) < 4.78 is 0. The van der Waals surface area contributed by atoms with Crippen molar-refractivity contribution < 1.29 is 5.11 Å². The van der Waals surface area contributed by atoms with Crippen LogP contribution >= 0.6 is 0 Å². The van der Waals surface area contributed by atoms with Gasteiger partial charge in [0.05, 0.1) is 6.61 Å². The molecule has 0 aliphatic heterocycles. The SMILES string of the molecule is Cc1cnc(NCC2(CO)CCCCC2)nc1. The standard InChI is InChI=1S/C13H21N3O/c1-11-7-14-12(15-8-11)16-9-13(10-17)5-3-2-4-6-13/h7-8,17H,2-6,9-10H2,1H3,(H,14,15,16). The molecule has 1 heterocycles. The molecule has 1 aliphatic carbocycles. The summed E-state index contributed by atoms with van der Waals surface area (Å²) >= 11 is 0. The summed E-state index contributed by atoms with van der Waals surface area (Å²) in [6, 6.07) is 0. The van der Waals surface area contributed by atoms with E-state index in [-0.39, 0.29) is 12.0 Å².